The molecule has 116 valence electrons. The van der Waals surface area contributed by atoms with E-state index in [2.05, 4.69) is 20.8 Å². The van der Waals surface area contributed by atoms with Gasteiger partial charge in [-0.05, 0) is 30.7 Å². The van der Waals surface area contributed by atoms with E-state index in [9.17, 15) is 9.59 Å². The normalized spacial score (nSPS) is 10.5. The number of amides is 2. The molecule has 0 aliphatic heterocycles. The topological polar surface area (TPSA) is 86.9 Å². The summed E-state index contributed by atoms with van der Waals surface area (Å²) < 4.78 is 0. The number of hydrogen-bond acceptors (Lipinski definition) is 3. The molecule has 6 heteroatoms. The Labute approximate surface area is 132 Å². The minimum absolute atomic E-state index is 0.0583. The summed E-state index contributed by atoms with van der Waals surface area (Å²) in [6.45, 7) is 1.84. The first kappa shape index (κ1) is 14.8. The van der Waals surface area contributed by atoms with Crippen molar-refractivity contribution < 1.29 is 9.59 Å². The molecule has 0 unspecified atom stereocenters. The van der Waals surface area contributed by atoms with Crippen LogP contribution in [0.2, 0.25) is 0 Å². The number of H-pyrrole nitrogens is 1. The standard InChI is InChI=1S/C17H16N4O2/c1-11-6-2-3-7-12(11)17(23)21-20-16(22)10-15-18-13-8-4-5-9-14(13)19-15/h2-9H,10H2,1H3,(H,18,19)(H,20,22)(H,21,23). The number of rotatable bonds is 3. The largest absolute Gasteiger partial charge is 0.342 e. The molecule has 0 atom stereocenters. The fraction of sp³-hybridized carbons (Fsp3) is 0.118. The molecule has 0 saturated heterocycles. The van der Waals surface area contributed by atoms with E-state index < -0.39 is 0 Å². The zero-order valence-corrected chi connectivity index (χ0v) is 12.6. The minimum atomic E-state index is -0.346. The molecule has 0 aliphatic rings. The molecule has 2 amide bonds. The van der Waals surface area contributed by atoms with E-state index in [4.69, 9.17) is 0 Å². The molecule has 1 aromatic heterocycles. The van der Waals surface area contributed by atoms with Crippen molar-refractivity contribution in [3.8, 4) is 0 Å². The average molecular weight is 308 g/mol. The molecule has 0 saturated carbocycles. The summed E-state index contributed by atoms with van der Waals surface area (Å²) in [4.78, 5) is 31.3. The van der Waals surface area contributed by atoms with Gasteiger partial charge in [0.15, 0.2) is 0 Å². The molecule has 0 fully saturated rings. The Morgan fingerprint density at radius 2 is 1.78 bits per heavy atom. The van der Waals surface area contributed by atoms with Gasteiger partial charge in [0.25, 0.3) is 5.91 Å². The number of aryl methyl sites for hydroxylation is 1. The number of nitrogens with zero attached hydrogens (tertiary/aromatic N) is 1. The van der Waals surface area contributed by atoms with Gasteiger partial charge in [0.2, 0.25) is 5.91 Å². The quantitative estimate of drug-likeness (QED) is 0.646. The number of carbonyl (C=O) groups is 2. The second-order valence-corrected chi connectivity index (χ2v) is 5.19. The summed E-state index contributed by atoms with van der Waals surface area (Å²) >= 11 is 0. The van der Waals surface area contributed by atoms with Crippen LogP contribution in [0.15, 0.2) is 48.5 Å². The Balaban J connectivity index is 1.59. The number of hydrazine groups is 1. The molecular weight excluding hydrogens is 292 g/mol. The van der Waals surface area contributed by atoms with Crippen LogP contribution in [-0.2, 0) is 11.2 Å². The fourth-order valence-corrected chi connectivity index (χ4v) is 2.31. The van der Waals surface area contributed by atoms with Gasteiger partial charge in [0.1, 0.15) is 5.82 Å². The van der Waals surface area contributed by atoms with Crippen molar-refractivity contribution in [2.24, 2.45) is 0 Å². The third-order valence-corrected chi connectivity index (χ3v) is 3.47. The third kappa shape index (κ3) is 3.37. The lowest BCUT2D eigenvalue weighted by Gasteiger charge is -2.08. The lowest BCUT2D eigenvalue weighted by Crippen LogP contribution is -2.42. The Bertz CT molecular complexity index is 837. The highest BCUT2D eigenvalue weighted by Gasteiger charge is 2.11. The van der Waals surface area contributed by atoms with E-state index in [-0.39, 0.29) is 18.2 Å². The Morgan fingerprint density at radius 1 is 1.04 bits per heavy atom. The van der Waals surface area contributed by atoms with E-state index in [1.54, 1.807) is 12.1 Å². The smallest absolute Gasteiger partial charge is 0.269 e. The van der Waals surface area contributed by atoms with Gasteiger partial charge in [0.05, 0.1) is 17.5 Å². The molecular formula is C17H16N4O2. The van der Waals surface area contributed by atoms with Crippen molar-refractivity contribution in [3.63, 3.8) is 0 Å². The van der Waals surface area contributed by atoms with Crippen LogP contribution in [0.5, 0.6) is 0 Å². The minimum Gasteiger partial charge on any atom is -0.342 e. The lowest BCUT2D eigenvalue weighted by molar-refractivity contribution is -0.121. The molecule has 6 nitrogen and oxygen atoms in total. The predicted molar refractivity (Wildman–Crippen MR) is 86.6 cm³/mol. The Kier molecular flexibility index (Phi) is 4.05. The van der Waals surface area contributed by atoms with Crippen LogP contribution >= 0.6 is 0 Å². The summed E-state index contributed by atoms with van der Waals surface area (Å²) in [6, 6.07) is 14.7. The van der Waals surface area contributed by atoms with Crippen LogP contribution in [0.3, 0.4) is 0 Å². The second-order valence-electron chi connectivity index (χ2n) is 5.19. The molecule has 3 N–H and O–H groups in total. The lowest BCUT2D eigenvalue weighted by atomic mass is 10.1. The second kappa shape index (κ2) is 6.31. The van der Waals surface area contributed by atoms with Crippen molar-refractivity contribution in [1.82, 2.24) is 20.8 Å². The van der Waals surface area contributed by atoms with Gasteiger partial charge >= 0.3 is 0 Å². The molecule has 3 rings (SSSR count). The van der Waals surface area contributed by atoms with Crippen molar-refractivity contribution in [1.29, 1.82) is 0 Å². The number of benzene rings is 2. The van der Waals surface area contributed by atoms with Crippen LogP contribution < -0.4 is 10.9 Å². The number of para-hydroxylation sites is 2. The zero-order chi connectivity index (χ0) is 16.2. The van der Waals surface area contributed by atoms with Gasteiger partial charge in [-0.3, -0.25) is 20.4 Å². The van der Waals surface area contributed by atoms with Gasteiger partial charge in [-0.1, -0.05) is 30.3 Å². The maximum atomic E-state index is 12.0. The maximum Gasteiger partial charge on any atom is 0.269 e. The van der Waals surface area contributed by atoms with Crippen molar-refractivity contribution >= 4 is 22.8 Å². The van der Waals surface area contributed by atoms with E-state index in [1.165, 1.54) is 0 Å². The van der Waals surface area contributed by atoms with Crippen LogP contribution in [0.25, 0.3) is 11.0 Å². The molecule has 3 aromatic rings. The average Bonchev–Trinajstić information content (AvgIpc) is 2.95. The number of aromatic nitrogens is 2. The number of hydrogen-bond donors (Lipinski definition) is 3. The number of fused-ring (bicyclic) bond motifs is 1. The monoisotopic (exact) mass is 308 g/mol. The van der Waals surface area contributed by atoms with Gasteiger partial charge < -0.3 is 4.98 Å². The summed E-state index contributed by atoms with van der Waals surface area (Å²) in [7, 11) is 0. The summed E-state index contributed by atoms with van der Waals surface area (Å²) in [5.41, 5.74) is 7.86. The Hall–Kier alpha value is -3.15. The first-order valence-corrected chi connectivity index (χ1v) is 7.22. The predicted octanol–water partition coefficient (Wildman–Crippen LogP) is 1.88. The van der Waals surface area contributed by atoms with Gasteiger partial charge in [-0.2, -0.15) is 0 Å². The van der Waals surface area contributed by atoms with E-state index in [0.717, 1.165) is 16.6 Å². The summed E-state index contributed by atoms with van der Waals surface area (Å²) in [5.74, 6) is -0.138. The molecule has 2 aromatic carbocycles. The molecule has 1 heterocycles. The zero-order valence-electron chi connectivity index (χ0n) is 12.6. The number of nitrogens with one attached hydrogen (secondary N) is 3. The number of aromatic amines is 1. The van der Waals surface area contributed by atoms with Crippen molar-refractivity contribution in [2.45, 2.75) is 13.3 Å². The van der Waals surface area contributed by atoms with Gasteiger partial charge in [0, 0.05) is 5.56 Å². The van der Waals surface area contributed by atoms with Gasteiger partial charge in [-0.15, -0.1) is 0 Å². The Morgan fingerprint density at radius 3 is 2.57 bits per heavy atom. The van der Waals surface area contributed by atoms with Crippen LogP contribution in [0.4, 0.5) is 0 Å². The first-order chi connectivity index (χ1) is 11.1. The van der Waals surface area contributed by atoms with Crippen LogP contribution in [0.1, 0.15) is 21.7 Å². The molecule has 0 aliphatic carbocycles. The summed E-state index contributed by atoms with van der Waals surface area (Å²) in [6.07, 6.45) is 0.0583. The highest BCUT2D eigenvalue weighted by molar-refractivity contribution is 5.96. The number of imidazole rings is 1. The van der Waals surface area contributed by atoms with E-state index >= 15 is 0 Å². The van der Waals surface area contributed by atoms with E-state index in [0.29, 0.717) is 11.4 Å². The van der Waals surface area contributed by atoms with Crippen molar-refractivity contribution in [3.05, 3.63) is 65.5 Å². The highest BCUT2D eigenvalue weighted by Crippen LogP contribution is 2.10. The highest BCUT2D eigenvalue weighted by atomic mass is 16.2. The van der Waals surface area contributed by atoms with Crippen LogP contribution in [-0.4, -0.2) is 21.8 Å². The molecule has 23 heavy (non-hydrogen) atoms. The van der Waals surface area contributed by atoms with Gasteiger partial charge in [-0.25, -0.2) is 4.98 Å². The fourth-order valence-electron chi connectivity index (χ4n) is 2.31. The molecule has 0 spiro atoms. The third-order valence-electron chi connectivity index (χ3n) is 3.47. The molecule has 0 bridgehead atoms. The van der Waals surface area contributed by atoms with E-state index in [1.807, 2.05) is 43.3 Å². The SMILES string of the molecule is Cc1ccccc1C(=O)NNC(=O)Cc1nc2ccccc2[nH]1. The maximum absolute atomic E-state index is 12.0. The number of carbonyl (C=O) groups excluding carboxylic acids is 2. The first-order valence-electron chi connectivity index (χ1n) is 7.22. The van der Waals surface area contributed by atoms with Crippen molar-refractivity contribution in [2.75, 3.05) is 0 Å². The molecule has 0 radical (unpaired) electrons. The summed E-state index contributed by atoms with van der Waals surface area (Å²) in [5, 5.41) is 0. The van der Waals surface area contributed by atoms with Crippen LogP contribution in [0, 0.1) is 6.92 Å².